The van der Waals surface area contributed by atoms with Gasteiger partial charge in [-0.05, 0) is 12.1 Å². The van der Waals surface area contributed by atoms with E-state index < -0.39 is 21.5 Å². The van der Waals surface area contributed by atoms with Crippen molar-refractivity contribution in [3.63, 3.8) is 0 Å². The van der Waals surface area contributed by atoms with Crippen molar-refractivity contribution >= 4 is 38.6 Å². The van der Waals surface area contributed by atoms with Gasteiger partial charge in [0, 0.05) is 6.42 Å². The van der Waals surface area contributed by atoms with Gasteiger partial charge >= 0.3 is 0 Å². The quantitative estimate of drug-likeness (QED) is 0.719. The first-order valence-corrected chi connectivity index (χ1v) is 7.98. The van der Waals surface area contributed by atoms with Gasteiger partial charge in [0.25, 0.3) is 0 Å². The number of benzene rings is 1. The van der Waals surface area contributed by atoms with E-state index >= 15 is 0 Å². The molecule has 6 nitrogen and oxygen atoms in total. The maximum atomic E-state index is 11.7. The van der Waals surface area contributed by atoms with Crippen molar-refractivity contribution in [2.45, 2.75) is 6.42 Å². The molecule has 0 heterocycles. The van der Waals surface area contributed by atoms with Crippen LogP contribution in [-0.2, 0) is 14.6 Å². The van der Waals surface area contributed by atoms with E-state index in [0.717, 1.165) is 0 Å². The Bertz CT molecular complexity index is 599. The molecule has 3 N–H and O–H groups in total. The lowest BCUT2D eigenvalue weighted by atomic mass is 10.3. The van der Waals surface area contributed by atoms with Crippen LogP contribution in [-0.4, -0.2) is 37.9 Å². The molecule has 0 aliphatic heterocycles. The van der Waals surface area contributed by atoms with Gasteiger partial charge in [-0.25, -0.2) is 8.42 Å². The molecule has 0 saturated heterocycles. The molecule has 0 radical (unpaired) electrons. The number of anilines is 1. The number of amides is 1. The minimum absolute atomic E-state index is 0.0691. The highest BCUT2D eigenvalue weighted by Gasteiger charge is 2.17. The van der Waals surface area contributed by atoms with E-state index in [9.17, 15) is 13.2 Å². The number of carbonyl (C=O) groups is 1. The summed E-state index contributed by atoms with van der Waals surface area (Å²) in [6, 6.07) is 6.74. The molecule has 1 rings (SSSR count). The topological polar surface area (TPSA) is 98.5 Å². The third kappa shape index (κ3) is 5.54. The second-order valence-electron chi connectivity index (χ2n) is 4.06. The Morgan fingerprint density at radius 2 is 2.05 bits per heavy atom. The first-order valence-electron chi connectivity index (χ1n) is 5.75. The van der Waals surface area contributed by atoms with E-state index in [1.54, 1.807) is 24.3 Å². The fourth-order valence-electron chi connectivity index (χ4n) is 1.46. The molecule has 0 bridgehead atoms. The van der Waals surface area contributed by atoms with E-state index in [1.807, 2.05) is 0 Å². The van der Waals surface area contributed by atoms with Crippen LogP contribution in [0.1, 0.15) is 6.42 Å². The molecule has 20 heavy (non-hydrogen) atoms. The minimum atomic E-state index is -3.54. The smallest absolute Gasteiger partial charge is 0.239 e. The van der Waals surface area contributed by atoms with Crippen LogP contribution in [0, 0.1) is 0 Å². The third-order valence-electron chi connectivity index (χ3n) is 2.39. The average Bonchev–Trinajstić information content (AvgIpc) is 2.36. The molecule has 0 atom stereocenters. The first-order chi connectivity index (χ1) is 9.34. The Balaban J connectivity index is 2.66. The summed E-state index contributed by atoms with van der Waals surface area (Å²) in [5, 5.41) is 2.50. The Morgan fingerprint density at radius 3 is 2.65 bits per heavy atom. The fourth-order valence-corrected chi connectivity index (χ4v) is 2.84. The lowest BCUT2D eigenvalue weighted by molar-refractivity contribution is -0.113. The number of nitrogens with two attached hydrogens (primary N) is 1. The van der Waals surface area contributed by atoms with Gasteiger partial charge in [0.1, 0.15) is 11.5 Å². The van der Waals surface area contributed by atoms with Gasteiger partial charge in [0.05, 0.1) is 23.5 Å². The highest BCUT2D eigenvalue weighted by Crippen LogP contribution is 2.22. The molecule has 1 aromatic rings. The van der Waals surface area contributed by atoms with E-state index in [1.165, 1.54) is 7.11 Å². The van der Waals surface area contributed by atoms with Gasteiger partial charge < -0.3 is 15.8 Å². The molecule has 0 saturated carbocycles. The van der Waals surface area contributed by atoms with Gasteiger partial charge in [0.15, 0.2) is 9.84 Å². The van der Waals surface area contributed by atoms with Gasteiger partial charge in [-0.15, -0.1) is 0 Å². The number of hydrogen-bond donors (Lipinski definition) is 2. The van der Waals surface area contributed by atoms with Crippen molar-refractivity contribution in [3.05, 3.63) is 24.3 Å². The monoisotopic (exact) mass is 316 g/mol. The van der Waals surface area contributed by atoms with Crippen molar-refractivity contribution in [1.82, 2.24) is 0 Å². The number of ether oxygens (including phenoxy) is 1. The van der Waals surface area contributed by atoms with E-state index in [4.69, 9.17) is 10.5 Å². The number of hydrogen-bond acceptors (Lipinski definition) is 5. The first kappa shape index (κ1) is 16.4. The van der Waals surface area contributed by atoms with Crippen LogP contribution in [0.15, 0.2) is 24.3 Å². The number of thiocarbonyl (C=S) groups is 1. The van der Waals surface area contributed by atoms with Crippen molar-refractivity contribution in [1.29, 1.82) is 0 Å². The third-order valence-corrected chi connectivity index (χ3v) is 4.12. The van der Waals surface area contributed by atoms with Crippen LogP contribution < -0.4 is 15.8 Å². The molecule has 1 amide bonds. The number of nitrogens with one attached hydrogen (secondary N) is 1. The predicted octanol–water partition coefficient (Wildman–Crippen LogP) is 0.725. The lowest BCUT2D eigenvalue weighted by Gasteiger charge is -2.10. The van der Waals surface area contributed by atoms with Crippen LogP contribution in [0.5, 0.6) is 5.75 Å². The summed E-state index contributed by atoms with van der Waals surface area (Å²) in [5.74, 6) is -1.02. The number of carbonyl (C=O) groups excluding carboxylic acids is 1. The minimum Gasteiger partial charge on any atom is -0.495 e. The van der Waals surface area contributed by atoms with Crippen LogP contribution in [0.4, 0.5) is 5.69 Å². The summed E-state index contributed by atoms with van der Waals surface area (Å²) in [6.07, 6.45) is 0.0691. The number of para-hydroxylation sites is 2. The highest BCUT2D eigenvalue weighted by atomic mass is 32.2. The highest BCUT2D eigenvalue weighted by molar-refractivity contribution is 7.92. The molecule has 110 valence electrons. The molecule has 0 spiro atoms. The van der Waals surface area contributed by atoms with Crippen LogP contribution in [0.3, 0.4) is 0 Å². The van der Waals surface area contributed by atoms with Gasteiger partial charge in [-0.3, -0.25) is 4.79 Å². The Labute approximate surface area is 123 Å². The molecule has 0 aromatic heterocycles. The zero-order valence-electron chi connectivity index (χ0n) is 11.0. The zero-order valence-corrected chi connectivity index (χ0v) is 12.6. The summed E-state index contributed by atoms with van der Waals surface area (Å²) in [4.78, 5) is 11.8. The lowest BCUT2D eigenvalue weighted by Crippen LogP contribution is -2.26. The van der Waals surface area contributed by atoms with E-state index in [-0.39, 0.29) is 17.2 Å². The number of sulfone groups is 1. The molecule has 1 aromatic carbocycles. The van der Waals surface area contributed by atoms with Crippen LogP contribution >= 0.6 is 12.2 Å². The van der Waals surface area contributed by atoms with Gasteiger partial charge in [0.2, 0.25) is 5.91 Å². The Kier molecular flexibility index (Phi) is 5.90. The van der Waals surface area contributed by atoms with Crippen molar-refractivity contribution < 1.29 is 17.9 Å². The zero-order chi connectivity index (χ0) is 15.2. The Morgan fingerprint density at radius 1 is 1.40 bits per heavy atom. The molecular formula is C12H16N2O4S2. The predicted molar refractivity (Wildman–Crippen MR) is 81.7 cm³/mol. The second kappa shape index (κ2) is 7.20. The second-order valence-corrected chi connectivity index (χ2v) is 6.77. The molecule has 0 aliphatic carbocycles. The maximum absolute atomic E-state index is 11.7. The van der Waals surface area contributed by atoms with Gasteiger partial charge in [-0.2, -0.15) is 0 Å². The van der Waals surface area contributed by atoms with E-state index in [2.05, 4.69) is 17.5 Å². The number of rotatable bonds is 7. The standard InChI is InChI=1S/C12H16N2O4S2/c1-18-10-5-3-2-4-9(10)14-12(15)8-20(16,17)7-6-11(13)19/h2-5H,6-8H2,1H3,(H2,13,19)(H,14,15). The molecular weight excluding hydrogens is 300 g/mol. The molecule has 0 unspecified atom stereocenters. The summed E-state index contributed by atoms with van der Waals surface area (Å²) in [7, 11) is -2.07. The largest absolute Gasteiger partial charge is 0.495 e. The van der Waals surface area contributed by atoms with E-state index in [0.29, 0.717) is 11.4 Å². The average molecular weight is 316 g/mol. The maximum Gasteiger partial charge on any atom is 0.239 e. The summed E-state index contributed by atoms with van der Waals surface area (Å²) in [5.41, 5.74) is 5.66. The Hall–Kier alpha value is -1.67. The normalized spacial score (nSPS) is 10.8. The summed E-state index contributed by atoms with van der Waals surface area (Å²) >= 11 is 4.61. The van der Waals surface area contributed by atoms with Crippen LogP contribution in [0.2, 0.25) is 0 Å². The SMILES string of the molecule is COc1ccccc1NC(=O)CS(=O)(=O)CCC(N)=S. The summed E-state index contributed by atoms with van der Waals surface area (Å²) in [6.45, 7) is 0. The number of methoxy groups -OCH3 is 1. The van der Waals surface area contributed by atoms with Crippen molar-refractivity contribution in [2.75, 3.05) is 23.9 Å². The van der Waals surface area contributed by atoms with Crippen LogP contribution in [0.25, 0.3) is 0 Å². The molecule has 0 aliphatic rings. The molecule has 0 fully saturated rings. The van der Waals surface area contributed by atoms with Crippen molar-refractivity contribution in [2.24, 2.45) is 5.73 Å². The van der Waals surface area contributed by atoms with Gasteiger partial charge in [-0.1, -0.05) is 24.4 Å². The fraction of sp³-hybridized carbons (Fsp3) is 0.333. The molecule has 8 heteroatoms. The summed E-state index contributed by atoms with van der Waals surface area (Å²) < 4.78 is 28.4. The van der Waals surface area contributed by atoms with Crippen molar-refractivity contribution in [3.8, 4) is 5.75 Å².